The SMILES string of the molecule is O=C(O)CCNC(=O)c1ccc(-c2cc(C(F)(F)F)cc(Cl)c2CNC2(Cl)C=CC(c3ccccc3Cl)=CC2)cn1. The van der Waals surface area contributed by atoms with Crippen molar-refractivity contribution in [3.8, 4) is 11.1 Å². The van der Waals surface area contributed by atoms with Gasteiger partial charge in [-0.25, -0.2) is 0 Å². The third-order valence-electron chi connectivity index (χ3n) is 6.34. The van der Waals surface area contributed by atoms with Crippen molar-refractivity contribution < 1.29 is 27.9 Å². The molecule has 1 unspecified atom stereocenters. The van der Waals surface area contributed by atoms with Crippen molar-refractivity contribution >= 4 is 52.3 Å². The fraction of sp³-hybridized carbons (Fsp3) is 0.207. The fourth-order valence-electron chi connectivity index (χ4n) is 4.18. The minimum Gasteiger partial charge on any atom is -0.481 e. The molecular weight excluding hydrogens is 602 g/mol. The van der Waals surface area contributed by atoms with Crippen LogP contribution in [0.15, 0.2) is 73.0 Å². The van der Waals surface area contributed by atoms with E-state index < -0.39 is 28.6 Å². The summed E-state index contributed by atoms with van der Waals surface area (Å²) in [7, 11) is 0. The van der Waals surface area contributed by atoms with E-state index in [1.165, 1.54) is 18.3 Å². The van der Waals surface area contributed by atoms with Gasteiger partial charge in [0.2, 0.25) is 0 Å². The molecule has 0 bridgehead atoms. The van der Waals surface area contributed by atoms with E-state index in [0.717, 1.165) is 23.3 Å². The Kier molecular flexibility index (Phi) is 9.44. The van der Waals surface area contributed by atoms with Gasteiger partial charge >= 0.3 is 12.1 Å². The molecule has 1 heterocycles. The Bertz CT molecular complexity index is 1530. The Labute approximate surface area is 248 Å². The summed E-state index contributed by atoms with van der Waals surface area (Å²) >= 11 is 19.5. The molecule has 214 valence electrons. The number of amides is 1. The summed E-state index contributed by atoms with van der Waals surface area (Å²) in [4.78, 5) is 25.9. The number of nitrogens with zero attached hydrogens (tertiary/aromatic N) is 1. The zero-order chi connectivity index (χ0) is 29.8. The summed E-state index contributed by atoms with van der Waals surface area (Å²) in [5.41, 5.74) is 1.58. The topological polar surface area (TPSA) is 91.3 Å². The highest BCUT2D eigenvalue weighted by Crippen LogP contribution is 2.39. The molecule has 0 aliphatic heterocycles. The molecule has 0 fully saturated rings. The van der Waals surface area contributed by atoms with Crippen LogP contribution >= 0.6 is 34.8 Å². The molecule has 0 saturated heterocycles. The number of carbonyl (C=O) groups is 2. The molecule has 0 spiro atoms. The van der Waals surface area contributed by atoms with E-state index in [1.807, 2.05) is 30.4 Å². The van der Waals surface area contributed by atoms with Crippen LogP contribution in [0.5, 0.6) is 0 Å². The van der Waals surface area contributed by atoms with Crippen LogP contribution in [0, 0.1) is 0 Å². The van der Waals surface area contributed by atoms with Crippen molar-refractivity contribution in [2.75, 3.05) is 6.54 Å². The molecule has 12 heteroatoms. The number of alkyl halides is 4. The van der Waals surface area contributed by atoms with Gasteiger partial charge in [-0.15, -0.1) is 0 Å². The number of hydrogen-bond acceptors (Lipinski definition) is 4. The Morgan fingerprint density at radius 2 is 1.80 bits per heavy atom. The summed E-state index contributed by atoms with van der Waals surface area (Å²) in [6.45, 7) is -0.0762. The number of hydrogen-bond donors (Lipinski definition) is 3. The van der Waals surface area contributed by atoms with Crippen LogP contribution in [0.3, 0.4) is 0 Å². The Morgan fingerprint density at radius 1 is 1.05 bits per heavy atom. The van der Waals surface area contributed by atoms with Crippen molar-refractivity contribution in [1.29, 1.82) is 0 Å². The monoisotopic (exact) mass is 623 g/mol. The number of rotatable bonds is 9. The van der Waals surface area contributed by atoms with Crippen LogP contribution in [-0.2, 0) is 17.5 Å². The van der Waals surface area contributed by atoms with Gasteiger partial charge in [0.05, 0.1) is 12.0 Å². The number of benzene rings is 2. The second kappa shape index (κ2) is 12.7. The van der Waals surface area contributed by atoms with E-state index >= 15 is 0 Å². The smallest absolute Gasteiger partial charge is 0.416 e. The quantitative estimate of drug-likeness (QED) is 0.171. The van der Waals surface area contributed by atoms with E-state index in [4.69, 9.17) is 39.9 Å². The van der Waals surface area contributed by atoms with Crippen molar-refractivity contribution in [2.24, 2.45) is 0 Å². The standard InChI is InChI=1S/C29H23Cl3F3N3O3/c30-23-4-2-1-3-20(23)17-7-10-28(32,11-8-17)38-16-22-21(13-19(14-24(22)31)29(33,34)35)18-5-6-25(37-15-18)27(41)36-12-9-26(39)40/h1-8,10,13-15,38H,9,11-12,16H2,(H,36,41)(H,39,40). The van der Waals surface area contributed by atoms with Crippen LogP contribution in [-0.4, -0.2) is 33.5 Å². The summed E-state index contributed by atoms with van der Waals surface area (Å²) in [5.74, 6) is -1.69. The first-order valence-corrected chi connectivity index (χ1v) is 13.4. The van der Waals surface area contributed by atoms with E-state index in [0.29, 0.717) is 22.6 Å². The zero-order valence-corrected chi connectivity index (χ0v) is 23.5. The van der Waals surface area contributed by atoms with Crippen molar-refractivity contribution in [3.05, 3.63) is 105 Å². The molecule has 4 rings (SSSR count). The predicted molar refractivity (Wildman–Crippen MR) is 153 cm³/mol. The van der Waals surface area contributed by atoms with E-state index in [-0.39, 0.29) is 35.8 Å². The third-order valence-corrected chi connectivity index (χ3v) is 7.43. The average Bonchev–Trinajstić information content (AvgIpc) is 2.92. The zero-order valence-electron chi connectivity index (χ0n) is 21.2. The van der Waals surface area contributed by atoms with Gasteiger partial charge < -0.3 is 10.4 Å². The van der Waals surface area contributed by atoms with Gasteiger partial charge in [0.15, 0.2) is 0 Å². The molecule has 3 aromatic rings. The number of carboxylic acids is 1. The van der Waals surface area contributed by atoms with Gasteiger partial charge in [0.25, 0.3) is 5.91 Å². The van der Waals surface area contributed by atoms with Gasteiger partial charge in [-0.1, -0.05) is 71.2 Å². The molecular formula is C29H23Cl3F3N3O3. The Balaban J connectivity index is 1.57. The molecule has 1 aromatic heterocycles. The molecule has 1 amide bonds. The van der Waals surface area contributed by atoms with Gasteiger partial charge in [-0.2, -0.15) is 13.2 Å². The molecule has 41 heavy (non-hydrogen) atoms. The molecule has 0 saturated carbocycles. The van der Waals surface area contributed by atoms with Crippen LogP contribution < -0.4 is 10.6 Å². The largest absolute Gasteiger partial charge is 0.481 e. The Hall–Kier alpha value is -3.37. The lowest BCUT2D eigenvalue weighted by molar-refractivity contribution is -0.138. The molecule has 1 aliphatic rings. The lowest BCUT2D eigenvalue weighted by atomic mass is 9.95. The first kappa shape index (κ1) is 30.6. The number of aliphatic carboxylic acids is 1. The molecule has 2 aromatic carbocycles. The highest BCUT2D eigenvalue weighted by molar-refractivity contribution is 6.32. The summed E-state index contributed by atoms with van der Waals surface area (Å²) < 4.78 is 41.0. The first-order valence-electron chi connectivity index (χ1n) is 12.3. The van der Waals surface area contributed by atoms with Crippen LogP contribution in [0.2, 0.25) is 10.0 Å². The van der Waals surface area contributed by atoms with Gasteiger partial charge in [0.1, 0.15) is 10.7 Å². The molecule has 3 N–H and O–H groups in total. The summed E-state index contributed by atoms with van der Waals surface area (Å²) in [5, 5.41) is 14.8. The van der Waals surface area contributed by atoms with E-state index in [2.05, 4.69) is 15.6 Å². The van der Waals surface area contributed by atoms with Crippen LogP contribution in [0.1, 0.15) is 40.0 Å². The fourth-order valence-corrected chi connectivity index (χ4v) is 4.91. The number of nitrogens with one attached hydrogen (secondary N) is 2. The normalized spacial score (nSPS) is 16.8. The maximum Gasteiger partial charge on any atom is 0.416 e. The maximum atomic E-state index is 13.7. The number of carbonyl (C=O) groups excluding carboxylic acids is 1. The number of halogens is 6. The number of allylic oxidation sites excluding steroid dienone is 2. The van der Waals surface area contributed by atoms with Crippen LogP contribution in [0.25, 0.3) is 16.7 Å². The lowest BCUT2D eigenvalue weighted by Gasteiger charge is -2.28. The van der Waals surface area contributed by atoms with Crippen molar-refractivity contribution in [1.82, 2.24) is 15.6 Å². The molecule has 6 nitrogen and oxygen atoms in total. The van der Waals surface area contributed by atoms with Crippen molar-refractivity contribution in [3.63, 3.8) is 0 Å². The highest BCUT2D eigenvalue weighted by atomic mass is 35.5. The highest BCUT2D eigenvalue weighted by Gasteiger charge is 2.33. The van der Waals surface area contributed by atoms with Gasteiger partial charge in [0, 0.05) is 41.3 Å². The minimum atomic E-state index is -4.65. The second-order valence-corrected chi connectivity index (χ2v) is 10.7. The van der Waals surface area contributed by atoms with Gasteiger partial charge in [-0.3, -0.25) is 19.9 Å². The van der Waals surface area contributed by atoms with E-state index in [9.17, 15) is 22.8 Å². The maximum absolute atomic E-state index is 13.7. The second-order valence-electron chi connectivity index (χ2n) is 9.21. The number of carboxylic acid groups (broad SMARTS) is 1. The number of aromatic nitrogens is 1. The minimum absolute atomic E-state index is 0.0207. The lowest BCUT2D eigenvalue weighted by Crippen LogP contribution is -2.38. The van der Waals surface area contributed by atoms with E-state index in [1.54, 1.807) is 12.1 Å². The van der Waals surface area contributed by atoms with Crippen molar-refractivity contribution in [2.45, 2.75) is 30.6 Å². The third kappa shape index (κ3) is 7.68. The molecule has 1 aliphatic carbocycles. The number of pyridine rings is 1. The predicted octanol–water partition coefficient (Wildman–Crippen LogP) is 7.35. The molecule has 1 atom stereocenters. The van der Waals surface area contributed by atoms with Gasteiger partial charge in [-0.05, 0) is 52.6 Å². The Morgan fingerprint density at radius 3 is 2.41 bits per heavy atom. The average molecular weight is 625 g/mol. The molecule has 0 radical (unpaired) electrons. The summed E-state index contributed by atoms with van der Waals surface area (Å²) in [6, 6.07) is 12.0. The summed E-state index contributed by atoms with van der Waals surface area (Å²) in [6.07, 6.45) is 2.21. The first-order chi connectivity index (χ1) is 19.4. The van der Waals surface area contributed by atoms with Crippen LogP contribution in [0.4, 0.5) is 13.2 Å².